The minimum Gasteiger partial charge on any atom is -0.497 e. The number of benzene rings is 1. The summed E-state index contributed by atoms with van der Waals surface area (Å²) in [4.78, 5) is 11.4. The molecular weight excluding hydrogens is 276 g/mol. The van der Waals surface area contributed by atoms with Gasteiger partial charge in [-0.05, 0) is 42.4 Å². The van der Waals surface area contributed by atoms with Crippen molar-refractivity contribution in [1.29, 1.82) is 0 Å². The summed E-state index contributed by atoms with van der Waals surface area (Å²) in [5.41, 5.74) is 0. The Morgan fingerprint density at radius 1 is 1.40 bits per heavy atom. The molecule has 1 fully saturated rings. The van der Waals surface area contributed by atoms with Gasteiger partial charge in [-0.2, -0.15) is 11.8 Å². The lowest BCUT2D eigenvalue weighted by Crippen LogP contribution is -2.31. The number of methoxy groups -OCH3 is 1. The van der Waals surface area contributed by atoms with E-state index in [4.69, 9.17) is 9.47 Å². The Kier molecular flexibility index (Phi) is 5.59. The van der Waals surface area contributed by atoms with Crippen LogP contribution in [-0.2, 0) is 4.79 Å². The molecule has 4 nitrogen and oxygen atoms in total. The summed E-state index contributed by atoms with van der Waals surface area (Å²) in [5, 5.41) is 9.39. The molecule has 1 atom stereocenters. The van der Waals surface area contributed by atoms with E-state index in [0.29, 0.717) is 11.5 Å². The zero-order valence-electron chi connectivity index (χ0n) is 11.6. The first kappa shape index (κ1) is 15.0. The maximum Gasteiger partial charge on any atom is 0.310 e. The molecule has 1 N–H and O–H groups in total. The van der Waals surface area contributed by atoms with Crippen LogP contribution >= 0.6 is 11.8 Å². The molecule has 0 aromatic heterocycles. The number of carboxylic acid groups (broad SMARTS) is 1. The van der Waals surface area contributed by atoms with E-state index in [1.807, 2.05) is 30.0 Å². The third-order valence-corrected chi connectivity index (χ3v) is 4.67. The molecule has 110 valence electrons. The molecule has 1 aliphatic rings. The van der Waals surface area contributed by atoms with Crippen molar-refractivity contribution in [1.82, 2.24) is 0 Å². The molecule has 1 unspecified atom stereocenters. The molecule has 1 heterocycles. The zero-order chi connectivity index (χ0) is 14.4. The van der Waals surface area contributed by atoms with Gasteiger partial charge in [0.25, 0.3) is 0 Å². The average Bonchev–Trinajstić information content (AvgIpc) is 2.48. The normalized spacial score (nSPS) is 17.4. The summed E-state index contributed by atoms with van der Waals surface area (Å²) in [6.07, 6.45) is 1.92. The summed E-state index contributed by atoms with van der Waals surface area (Å²) in [5.74, 6) is 2.50. The standard InChI is InChI=1S/C15H20O4S/c1-18-12-3-2-4-13(9-12)19-10-14(15(16)17)11-5-7-20-8-6-11/h2-4,9,11,14H,5-8,10H2,1H3,(H,16,17). The van der Waals surface area contributed by atoms with Crippen molar-refractivity contribution < 1.29 is 19.4 Å². The van der Waals surface area contributed by atoms with E-state index in [1.165, 1.54) is 0 Å². The van der Waals surface area contributed by atoms with Gasteiger partial charge in [-0.1, -0.05) is 6.07 Å². The molecule has 1 saturated heterocycles. The topological polar surface area (TPSA) is 55.8 Å². The number of aliphatic carboxylic acids is 1. The van der Waals surface area contributed by atoms with Gasteiger partial charge in [0.15, 0.2) is 0 Å². The van der Waals surface area contributed by atoms with Gasteiger partial charge in [-0.15, -0.1) is 0 Å². The predicted molar refractivity (Wildman–Crippen MR) is 79.7 cm³/mol. The second-order valence-corrected chi connectivity index (χ2v) is 6.11. The SMILES string of the molecule is COc1cccc(OCC(C(=O)O)C2CCSCC2)c1. The molecule has 0 radical (unpaired) electrons. The van der Waals surface area contributed by atoms with Crippen LogP contribution in [0.15, 0.2) is 24.3 Å². The van der Waals surface area contributed by atoms with Crippen LogP contribution in [0.25, 0.3) is 0 Å². The Hall–Kier alpha value is -1.36. The largest absolute Gasteiger partial charge is 0.497 e. The monoisotopic (exact) mass is 296 g/mol. The number of carbonyl (C=O) groups is 1. The molecule has 0 saturated carbocycles. The fraction of sp³-hybridized carbons (Fsp3) is 0.533. The Bertz CT molecular complexity index is 443. The van der Waals surface area contributed by atoms with Crippen LogP contribution in [0.3, 0.4) is 0 Å². The molecule has 0 amide bonds. The lowest BCUT2D eigenvalue weighted by Gasteiger charge is -2.27. The van der Waals surface area contributed by atoms with E-state index < -0.39 is 11.9 Å². The van der Waals surface area contributed by atoms with Gasteiger partial charge >= 0.3 is 5.97 Å². The van der Waals surface area contributed by atoms with Crippen molar-refractivity contribution in [2.24, 2.45) is 11.8 Å². The summed E-state index contributed by atoms with van der Waals surface area (Å²) in [6.45, 7) is 0.220. The van der Waals surface area contributed by atoms with Crippen molar-refractivity contribution in [3.8, 4) is 11.5 Å². The van der Waals surface area contributed by atoms with Crippen molar-refractivity contribution >= 4 is 17.7 Å². The molecule has 20 heavy (non-hydrogen) atoms. The highest BCUT2D eigenvalue weighted by molar-refractivity contribution is 7.99. The van der Waals surface area contributed by atoms with E-state index in [-0.39, 0.29) is 12.5 Å². The van der Waals surface area contributed by atoms with Crippen LogP contribution in [0.1, 0.15) is 12.8 Å². The fourth-order valence-electron chi connectivity index (χ4n) is 2.40. The lowest BCUT2D eigenvalue weighted by molar-refractivity contribution is -0.145. The van der Waals surface area contributed by atoms with Gasteiger partial charge in [-0.3, -0.25) is 4.79 Å². The van der Waals surface area contributed by atoms with Crippen LogP contribution in [0.5, 0.6) is 11.5 Å². The van der Waals surface area contributed by atoms with Crippen molar-refractivity contribution in [3.63, 3.8) is 0 Å². The second-order valence-electron chi connectivity index (χ2n) is 4.88. The predicted octanol–water partition coefficient (Wildman–Crippen LogP) is 2.92. The molecule has 2 rings (SSSR count). The van der Waals surface area contributed by atoms with Crippen LogP contribution in [0, 0.1) is 11.8 Å². The number of rotatable bonds is 6. The van der Waals surface area contributed by atoms with E-state index in [0.717, 1.165) is 24.3 Å². The Morgan fingerprint density at radius 2 is 2.10 bits per heavy atom. The summed E-state index contributed by atoms with van der Waals surface area (Å²) in [7, 11) is 1.60. The van der Waals surface area contributed by atoms with Gasteiger partial charge in [-0.25, -0.2) is 0 Å². The van der Waals surface area contributed by atoms with Crippen LogP contribution in [0.2, 0.25) is 0 Å². The summed E-state index contributed by atoms with van der Waals surface area (Å²) >= 11 is 1.90. The number of hydrogen-bond donors (Lipinski definition) is 1. The second kappa shape index (κ2) is 7.43. The van der Waals surface area contributed by atoms with E-state index in [1.54, 1.807) is 13.2 Å². The first-order valence-electron chi connectivity index (χ1n) is 6.78. The fourth-order valence-corrected chi connectivity index (χ4v) is 3.55. The Balaban J connectivity index is 1.95. The van der Waals surface area contributed by atoms with E-state index in [9.17, 15) is 9.90 Å². The zero-order valence-corrected chi connectivity index (χ0v) is 12.4. The lowest BCUT2D eigenvalue weighted by atomic mass is 9.88. The van der Waals surface area contributed by atoms with Crippen molar-refractivity contribution in [3.05, 3.63) is 24.3 Å². The Morgan fingerprint density at radius 3 is 2.75 bits per heavy atom. The average molecular weight is 296 g/mol. The van der Waals surface area contributed by atoms with E-state index >= 15 is 0 Å². The van der Waals surface area contributed by atoms with Gasteiger partial charge in [0.2, 0.25) is 0 Å². The molecule has 1 aromatic rings. The third kappa shape index (κ3) is 4.07. The number of hydrogen-bond acceptors (Lipinski definition) is 4. The molecule has 0 spiro atoms. The van der Waals surface area contributed by atoms with Crippen molar-refractivity contribution in [2.75, 3.05) is 25.2 Å². The smallest absolute Gasteiger partial charge is 0.310 e. The summed E-state index contributed by atoms with van der Waals surface area (Å²) < 4.78 is 10.8. The minimum atomic E-state index is -0.759. The Labute approximate surface area is 123 Å². The van der Waals surface area contributed by atoms with Crippen LogP contribution < -0.4 is 9.47 Å². The van der Waals surface area contributed by atoms with Gasteiger partial charge in [0, 0.05) is 6.07 Å². The highest BCUT2D eigenvalue weighted by atomic mass is 32.2. The highest BCUT2D eigenvalue weighted by Gasteiger charge is 2.30. The van der Waals surface area contributed by atoms with E-state index in [2.05, 4.69) is 0 Å². The molecule has 0 bridgehead atoms. The third-order valence-electron chi connectivity index (χ3n) is 3.62. The molecule has 0 aliphatic carbocycles. The first-order chi connectivity index (χ1) is 9.70. The molecule has 1 aliphatic heterocycles. The molecular formula is C15H20O4S. The maximum absolute atomic E-state index is 11.4. The van der Waals surface area contributed by atoms with Crippen LogP contribution in [0.4, 0.5) is 0 Å². The minimum absolute atomic E-state index is 0.220. The maximum atomic E-state index is 11.4. The van der Waals surface area contributed by atoms with Gasteiger partial charge in [0.1, 0.15) is 18.1 Å². The van der Waals surface area contributed by atoms with Gasteiger partial charge in [0.05, 0.1) is 13.0 Å². The number of thioether (sulfide) groups is 1. The van der Waals surface area contributed by atoms with Gasteiger partial charge < -0.3 is 14.6 Å². The summed E-state index contributed by atoms with van der Waals surface area (Å²) in [6, 6.07) is 7.26. The highest BCUT2D eigenvalue weighted by Crippen LogP contribution is 2.30. The number of ether oxygens (including phenoxy) is 2. The molecule has 1 aromatic carbocycles. The number of carboxylic acids is 1. The van der Waals surface area contributed by atoms with Crippen molar-refractivity contribution in [2.45, 2.75) is 12.8 Å². The van der Waals surface area contributed by atoms with Crippen LogP contribution in [-0.4, -0.2) is 36.3 Å². The first-order valence-corrected chi connectivity index (χ1v) is 7.93. The quantitative estimate of drug-likeness (QED) is 0.874. The molecule has 5 heteroatoms.